The molecule has 1 saturated carbocycles. The summed E-state index contributed by atoms with van der Waals surface area (Å²) in [7, 11) is 0. The number of hydrogen-bond acceptors (Lipinski definition) is 3. The Morgan fingerprint density at radius 3 is 2.25 bits per heavy atom. The van der Waals surface area contributed by atoms with Gasteiger partial charge < -0.3 is 10.6 Å². The number of benzene rings is 1. The van der Waals surface area contributed by atoms with Crippen LogP contribution in [0, 0.1) is 11.3 Å². The summed E-state index contributed by atoms with van der Waals surface area (Å²) in [4.78, 5) is 5.29. The van der Waals surface area contributed by atoms with E-state index in [2.05, 4.69) is 55.7 Å². The van der Waals surface area contributed by atoms with Crippen LogP contribution in [-0.2, 0) is 6.54 Å². The molecule has 0 amide bonds. The third-order valence-corrected chi connectivity index (χ3v) is 7.26. The van der Waals surface area contributed by atoms with Gasteiger partial charge in [-0.2, -0.15) is 0 Å². The molecule has 0 aromatic heterocycles. The van der Waals surface area contributed by atoms with Crippen LogP contribution < -0.4 is 10.6 Å². The number of unbranched alkanes of at least 4 members (excludes halogenated alkanes) is 1. The van der Waals surface area contributed by atoms with Gasteiger partial charge in [-0.05, 0) is 73.1 Å². The Balaban J connectivity index is 1.71. The van der Waals surface area contributed by atoms with Crippen molar-refractivity contribution in [2.45, 2.75) is 78.7 Å². The van der Waals surface area contributed by atoms with Gasteiger partial charge in [0.25, 0.3) is 0 Å². The summed E-state index contributed by atoms with van der Waals surface area (Å²) >= 11 is 0. The smallest absolute Gasteiger partial charge is 0.0405 e. The maximum Gasteiger partial charge on any atom is 0.0405 e. The van der Waals surface area contributed by atoms with Crippen molar-refractivity contribution >= 4 is 5.69 Å². The van der Waals surface area contributed by atoms with Gasteiger partial charge in [0, 0.05) is 38.4 Å². The highest BCUT2D eigenvalue weighted by Crippen LogP contribution is 2.45. The van der Waals surface area contributed by atoms with Crippen molar-refractivity contribution < 1.29 is 0 Å². The van der Waals surface area contributed by atoms with Crippen LogP contribution in [-0.4, -0.2) is 37.6 Å². The van der Waals surface area contributed by atoms with Crippen molar-refractivity contribution in [1.82, 2.24) is 4.90 Å². The Morgan fingerprint density at radius 2 is 1.68 bits per heavy atom. The largest absolute Gasteiger partial charge is 0.369 e. The molecule has 0 spiro atoms. The van der Waals surface area contributed by atoms with Crippen molar-refractivity contribution in [2.24, 2.45) is 17.1 Å². The Bertz CT molecular complexity index is 603. The van der Waals surface area contributed by atoms with Crippen molar-refractivity contribution in [3.63, 3.8) is 0 Å². The number of rotatable bonds is 6. The summed E-state index contributed by atoms with van der Waals surface area (Å²) in [6.45, 7) is 16.1. The highest BCUT2D eigenvalue weighted by Gasteiger charge is 2.31. The molecule has 2 fully saturated rings. The van der Waals surface area contributed by atoms with E-state index in [0.717, 1.165) is 24.9 Å². The van der Waals surface area contributed by atoms with Crippen molar-refractivity contribution in [1.29, 1.82) is 0 Å². The molecule has 1 aliphatic heterocycles. The summed E-state index contributed by atoms with van der Waals surface area (Å²) in [5, 5.41) is 0. The average molecular weight is 386 g/mol. The molecule has 158 valence electrons. The Kier molecular flexibility index (Phi) is 7.44. The predicted molar refractivity (Wildman–Crippen MR) is 122 cm³/mol. The molecule has 1 saturated heterocycles. The average Bonchev–Trinajstić information content (AvgIpc) is 2.71. The molecule has 1 aliphatic carbocycles. The normalized spacial score (nSPS) is 24.5. The first-order valence-electron chi connectivity index (χ1n) is 11.7. The molecule has 1 aromatic carbocycles. The summed E-state index contributed by atoms with van der Waals surface area (Å²) in [5.74, 6) is 1.59. The molecule has 2 aliphatic rings. The van der Waals surface area contributed by atoms with Crippen LogP contribution in [0.2, 0.25) is 0 Å². The first-order valence-corrected chi connectivity index (χ1v) is 11.7. The lowest BCUT2D eigenvalue weighted by atomic mass is 9.68. The van der Waals surface area contributed by atoms with Crippen LogP contribution in [0.1, 0.15) is 83.3 Å². The van der Waals surface area contributed by atoms with Crippen LogP contribution in [0.25, 0.3) is 0 Å². The van der Waals surface area contributed by atoms with E-state index in [-0.39, 0.29) is 0 Å². The summed E-state index contributed by atoms with van der Waals surface area (Å²) in [6.07, 6.45) is 8.04. The highest BCUT2D eigenvalue weighted by molar-refractivity contribution is 5.57. The number of anilines is 1. The fourth-order valence-electron chi connectivity index (χ4n) is 5.20. The summed E-state index contributed by atoms with van der Waals surface area (Å²) in [5.41, 5.74) is 10.8. The maximum atomic E-state index is 5.99. The number of piperazine rings is 1. The highest BCUT2D eigenvalue weighted by atomic mass is 15.3. The van der Waals surface area contributed by atoms with Gasteiger partial charge in [0.15, 0.2) is 0 Å². The maximum absolute atomic E-state index is 5.99. The number of nitrogens with two attached hydrogens (primary N) is 1. The topological polar surface area (TPSA) is 32.5 Å². The molecule has 0 unspecified atom stereocenters. The molecule has 1 aromatic rings. The van der Waals surface area contributed by atoms with Crippen molar-refractivity contribution in [2.75, 3.05) is 37.6 Å². The van der Waals surface area contributed by atoms with Gasteiger partial charge in [0.2, 0.25) is 0 Å². The SMILES string of the molecule is CCCCN1CCN(c2cc(CN)ccc2C2CCC(C(C)(C)C)CC2)CC1. The van der Waals surface area contributed by atoms with Gasteiger partial charge in [-0.25, -0.2) is 0 Å². The van der Waals surface area contributed by atoms with Crippen LogP contribution in [0.4, 0.5) is 5.69 Å². The molecule has 1 heterocycles. The molecule has 3 rings (SSSR count). The first-order chi connectivity index (χ1) is 13.4. The summed E-state index contributed by atoms with van der Waals surface area (Å²) in [6, 6.07) is 7.07. The Labute approximate surface area is 173 Å². The zero-order chi connectivity index (χ0) is 20.1. The third-order valence-electron chi connectivity index (χ3n) is 7.26. The van der Waals surface area contributed by atoms with E-state index < -0.39 is 0 Å². The van der Waals surface area contributed by atoms with Crippen molar-refractivity contribution in [3.05, 3.63) is 29.3 Å². The van der Waals surface area contributed by atoms with E-state index in [1.54, 1.807) is 5.56 Å². The van der Waals surface area contributed by atoms with E-state index in [1.165, 1.54) is 69.4 Å². The fraction of sp³-hybridized carbons (Fsp3) is 0.760. The van der Waals surface area contributed by atoms with E-state index >= 15 is 0 Å². The fourth-order valence-corrected chi connectivity index (χ4v) is 5.20. The lowest BCUT2D eigenvalue weighted by molar-refractivity contribution is 0.169. The van der Waals surface area contributed by atoms with Gasteiger partial charge >= 0.3 is 0 Å². The van der Waals surface area contributed by atoms with Gasteiger partial charge in [-0.15, -0.1) is 0 Å². The predicted octanol–water partition coefficient (Wildman–Crippen LogP) is 5.39. The molecular weight excluding hydrogens is 342 g/mol. The van der Waals surface area contributed by atoms with E-state index in [9.17, 15) is 0 Å². The van der Waals surface area contributed by atoms with Crippen LogP contribution >= 0.6 is 0 Å². The Morgan fingerprint density at radius 1 is 1.00 bits per heavy atom. The molecule has 0 atom stereocenters. The lowest BCUT2D eigenvalue weighted by Crippen LogP contribution is -2.47. The van der Waals surface area contributed by atoms with E-state index in [0.29, 0.717) is 12.0 Å². The minimum Gasteiger partial charge on any atom is -0.369 e. The van der Waals surface area contributed by atoms with E-state index in [1.807, 2.05) is 0 Å². The van der Waals surface area contributed by atoms with Gasteiger partial charge in [0.05, 0.1) is 0 Å². The van der Waals surface area contributed by atoms with Crippen LogP contribution in [0.15, 0.2) is 18.2 Å². The lowest BCUT2D eigenvalue weighted by Gasteiger charge is -2.40. The molecule has 28 heavy (non-hydrogen) atoms. The minimum absolute atomic E-state index is 0.450. The second kappa shape index (κ2) is 9.63. The van der Waals surface area contributed by atoms with E-state index in [4.69, 9.17) is 5.73 Å². The van der Waals surface area contributed by atoms with Crippen molar-refractivity contribution in [3.8, 4) is 0 Å². The molecule has 3 heteroatoms. The zero-order valence-corrected chi connectivity index (χ0v) is 18.8. The quantitative estimate of drug-likeness (QED) is 0.713. The zero-order valence-electron chi connectivity index (χ0n) is 18.8. The molecule has 0 radical (unpaired) electrons. The van der Waals surface area contributed by atoms with Gasteiger partial charge in [-0.3, -0.25) is 4.90 Å². The molecule has 2 N–H and O–H groups in total. The molecule has 0 bridgehead atoms. The molecular formula is C25H43N3. The monoisotopic (exact) mass is 385 g/mol. The first kappa shape index (κ1) is 21.6. The molecule has 3 nitrogen and oxygen atoms in total. The Hall–Kier alpha value is -1.06. The minimum atomic E-state index is 0.450. The third kappa shape index (κ3) is 5.30. The van der Waals surface area contributed by atoms with Crippen LogP contribution in [0.3, 0.4) is 0 Å². The van der Waals surface area contributed by atoms with Gasteiger partial charge in [-0.1, -0.05) is 46.2 Å². The van der Waals surface area contributed by atoms with Crippen LogP contribution in [0.5, 0.6) is 0 Å². The standard InChI is InChI=1S/C25H43N3/c1-5-6-13-27-14-16-28(17-15-27)24-18-20(19-26)7-12-23(24)21-8-10-22(11-9-21)25(2,3)4/h7,12,18,21-22H,5-6,8-11,13-17,19,26H2,1-4H3. The summed E-state index contributed by atoms with van der Waals surface area (Å²) < 4.78 is 0. The number of hydrogen-bond donors (Lipinski definition) is 1. The number of nitrogens with zero attached hydrogens (tertiary/aromatic N) is 2. The second-order valence-electron chi connectivity index (χ2n) is 10.2. The van der Waals surface area contributed by atoms with Gasteiger partial charge in [0.1, 0.15) is 0 Å². The second-order valence-corrected chi connectivity index (χ2v) is 10.2.